The Balaban J connectivity index is 1.55. The highest BCUT2D eigenvalue weighted by Crippen LogP contribution is 2.22. The lowest BCUT2D eigenvalue weighted by atomic mass is 9.99. The molecule has 0 aliphatic carbocycles. The number of anilines is 1. The van der Waals surface area contributed by atoms with Crippen LogP contribution in [0, 0.1) is 5.92 Å². The summed E-state index contributed by atoms with van der Waals surface area (Å²) in [5, 5.41) is 0. The molecule has 1 aromatic rings. The number of piperazine rings is 1. The molecule has 7 nitrogen and oxygen atoms in total. The maximum Gasteiger partial charge on any atom is 0.409 e. The second-order valence-corrected chi connectivity index (χ2v) is 7.05. The van der Waals surface area contributed by atoms with E-state index in [4.69, 9.17) is 4.74 Å². The molecule has 2 aliphatic rings. The highest BCUT2D eigenvalue weighted by Gasteiger charge is 2.26. The Morgan fingerprint density at radius 3 is 2.31 bits per heavy atom. The smallest absolute Gasteiger partial charge is 0.409 e. The SMILES string of the molecule is CCOC(=O)N1CCN(C(=O)c2ccc(N3CCC(C)CC3)cn2)CC1. The number of piperidine rings is 1. The molecular formula is C19H28N4O3. The number of carbonyl (C=O) groups is 2. The van der Waals surface area contributed by atoms with Crippen molar-refractivity contribution in [3.63, 3.8) is 0 Å². The quantitative estimate of drug-likeness (QED) is 0.827. The minimum atomic E-state index is -0.307. The predicted octanol–water partition coefficient (Wildman–Crippen LogP) is 2.23. The summed E-state index contributed by atoms with van der Waals surface area (Å²) in [5.41, 5.74) is 1.55. The maximum atomic E-state index is 12.6. The molecule has 1 aromatic heterocycles. The standard InChI is InChI=1S/C19H28N4O3/c1-3-26-19(25)23-12-10-22(11-13-23)18(24)17-5-4-16(14-20-17)21-8-6-15(2)7-9-21/h4-5,14-15H,3,6-13H2,1-2H3. The molecule has 0 saturated carbocycles. The zero-order chi connectivity index (χ0) is 18.5. The van der Waals surface area contributed by atoms with Crippen molar-refractivity contribution in [3.8, 4) is 0 Å². The predicted molar refractivity (Wildman–Crippen MR) is 99.3 cm³/mol. The van der Waals surface area contributed by atoms with Gasteiger partial charge in [-0.1, -0.05) is 6.92 Å². The number of nitrogens with zero attached hydrogens (tertiary/aromatic N) is 4. The molecule has 0 spiro atoms. The Hall–Kier alpha value is -2.31. The van der Waals surface area contributed by atoms with Crippen molar-refractivity contribution in [1.82, 2.24) is 14.8 Å². The van der Waals surface area contributed by atoms with Gasteiger partial charge in [-0.25, -0.2) is 9.78 Å². The van der Waals surface area contributed by atoms with Crippen molar-refractivity contribution in [2.24, 2.45) is 5.92 Å². The molecule has 0 N–H and O–H groups in total. The molecule has 142 valence electrons. The van der Waals surface area contributed by atoms with Crippen molar-refractivity contribution in [2.45, 2.75) is 26.7 Å². The van der Waals surface area contributed by atoms with Crippen molar-refractivity contribution in [2.75, 3.05) is 50.8 Å². The molecule has 3 rings (SSSR count). The third kappa shape index (κ3) is 4.26. The Labute approximate surface area is 154 Å². The fourth-order valence-electron chi connectivity index (χ4n) is 3.44. The number of pyridine rings is 1. The molecule has 0 atom stereocenters. The summed E-state index contributed by atoms with van der Waals surface area (Å²) >= 11 is 0. The van der Waals surface area contributed by atoms with Gasteiger partial charge in [0.05, 0.1) is 18.5 Å². The van der Waals surface area contributed by atoms with E-state index in [2.05, 4.69) is 16.8 Å². The van der Waals surface area contributed by atoms with Crippen molar-refractivity contribution in [1.29, 1.82) is 0 Å². The van der Waals surface area contributed by atoms with E-state index in [0.29, 0.717) is 38.5 Å². The van der Waals surface area contributed by atoms with E-state index in [-0.39, 0.29) is 12.0 Å². The van der Waals surface area contributed by atoms with E-state index in [1.165, 1.54) is 12.8 Å². The summed E-state index contributed by atoms with van der Waals surface area (Å²) in [5.74, 6) is 0.709. The van der Waals surface area contributed by atoms with Crippen molar-refractivity contribution < 1.29 is 14.3 Å². The molecule has 26 heavy (non-hydrogen) atoms. The van der Waals surface area contributed by atoms with Gasteiger partial charge in [-0.2, -0.15) is 0 Å². The average molecular weight is 360 g/mol. The third-order valence-electron chi connectivity index (χ3n) is 5.21. The van der Waals surface area contributed by atoms with Gasteiger partial charge >= 0.3 is 6.09 Å². The number of rotatable bonds is 3. The monoisotopic (exact) mass is 360 g/mol. The normalized spacial score (nSPS) is 18.8. The van der Waals surface area contributed by atoms with Gasteiger partial charge in [0.2, 0.25) is 0 Å². The number of aromatic nitrogens is 1. The molecule has 0 bridgehead atoms. The molecule has 0 radical (unpaired) electrons. The van der Waals surface area contributed by atoms with E-state index >= 15 is 0 Å². The summed E-state index contributed by atoms with van der Waals surface area (Å²) in [6.07, 6.45) is 3.90. The van der Waals surface area contributed by atoms with Crippen LogP contribution in [0.5, 0.6) is 0 Å². The van der Waals surface area contributed by atoms with Gasteiger partial charge in [0.1, 0.15) is 5.69 Å². The summed E-state index contributed by atoms with van der Waals surface area (Å²) in [6, 6.07) is 3.80. The summed E-state index contributed by atoms with van der Waals surface area (Å²) in [6.45, 7) is 8.54. The first-order chi connectivity index (χ1) is 12.6. The number of hydrogen-bond donors (Lipinski definition) is 0. The average Bonchev–Trinajstić information content (AvgIpc) is 2.68. The van der Waals surface area contributed by atoms with Crippen LogP contribution in [0.2, 0.25) is 0 Å². The Bertz CT molecular complexity index is 618. The molecular weight excluding hydrogens is 332 g/mol. The van der Waals surface area contributed by atoms with Crippen LogP contribution in [0.25, 0.3) is 0 Å². The van der Waals surface area contributed by atoms with Gasteiger partial charge < -0.3 is 19.4 Å². The van der Waals surface area contributed by atoms with Crippen LogP contribution in [0.3, 0.4) is 0 Å². The topological polar surface area (TPSA) is 66.0 Å². The van der Waals surface area contributed by atoms with Crippen molar-refractivity contribution in [3.05, 3.63) is 24.0 Å². The number of amides is 2. The van der Waals surface area contributed by atoms with Crippen LogP contribution in [0.1, 0.15) is 37.2 Å². The highest BCUT2D eigenvalue weighted by molar-refractivity contribution is 5.92. The van der Waals surface area contributed by atoms with Gasteiger partial charge in [0.15, 0.2) is 0 Å². The zero-order valence-electron chi connectivity index (χ0n) is 15.7. The molecule has 0 unspecified atom stereocenters. The van der Waals surface area contributed by atoms with Gasteiger partial charge in [-0.3, -0.25) is 4.79 Å². The molecule has 3 heterocycles. The number of ether oxygens (including phenoxy) is 1. The minimum absolute atomic E-state index is 0.0766. The number of hydrogen-bond acceptors (Lipinski definition) is 5. The Kier molecular flexibility index (Phi) is 5.96. The fraction of sp³-hybridized carbons (Fsp3) is 0.632. The van der Waals surface area contributed by atoms with E-state index in [9.17, 15) is 9.59 Å². The molecule has 0 aromatic carbocycles. The first kappa shape index (κ1) is 18.5. The van der Waals surface area contributed by atoms with Crippen LogP contribution >= 0.6 is 0 Å². The Morgan fingerprint density at radius 2 is 1.73 bits per heavy atom. The van der Waals surface area contributed by atoms with Gasteiger partial charge in [-0.15, -0.1) is 0 Å². The first-order valence-corrected chi connectivity index (χ1v) is 9.50. The Morgan fingerprint density at radius 1 is 1.08 bits per heavy atom. The maximum absolute atomic E-state index is 12.6. The van der Waals surface area contributed by atoms with E-state index in [0.717, 1.165) is 24.7 Å². The summed E-state index contributed by atoms with van der Waals surface area (Å²) in [7, 11) is 0. The molecule has 2 amide bonds. The third-order valence-corrected chi connectivity index (χ3v) is 5.21. The van der Waals surface area contributed by atoms with Gasteiger partial charge in [0, 0.05) is 39.3 Å². The lowest BCUT2D eigenvalue weighted by Crippen LogP contribution is -2.50. The molecule has 2 saturated heterocycles. The fourth-order valence-corrected chi connectivity index (χ4v) is 3.44. The largest absolute Gasteiger partial charge is 0.450 e. The van der Waals surface area contributed by atoms with E-state index < -0.39 is 0 Å². The minimum Gasteiger partial charge on any atom is -0.450 e. The van der Waals surface area contributed by atoms with Crippen LogP contribution in [0.15, 0.2) is 18.3 Å². The lowest BCUT2D eigenvalue weighted by Gasteiger charge is -2.34. The van der Waals surface area contributed by atoms with Crippen molar-refractivity contribution >= 4 is 17.7 Å². The second kappa shape index (κ2) is 8.38. The van der Waals surface area contributed by atoms with Crippen LogP contribution in [0.4, 0.5) is 10.5 Å². The lowest BCUT2D eigenvalue weighted by molar-refractivity contribution is 0.0566. The molecule has 2 fully saturated rings. The number of carbonyl (C=O) groups excluding carboxylic acids is 2. The van der Waals surface area contributed by atoms with Crippen LogP contribution in [-0.2, 0) is 4.74 Å². The van der Waals surface area contributed by atoms with Gasteiger partial charge in [-0.05, 0) is 37.8 Å². The second-order valence-electron chi connectivity index (χ2n) is 7.05. The van der Waals surface area contributed by atoms with Crippen LogP contribution < -0.4 is 4.90 Å². The molecule has 7 heteroatoms. The summed E-state index contributed by atoms with van der Waals surface area (Å²) < 4.78 is 5.01. The van der Waals surface area contributed by atoms with E-state index in [1.54, 1.807) is 22.9 Å². The zero-order valence-corrected chi connectivity index (χ0v) is 15.7. The molecule has 2 aliphatic heterocycles. The first-order valence-electron chi connectivity index (χ1n) is 9.50. The summed E-state index contributed by atoms with van der Waals surface area (Å²) in [4.78, 5) is 34.5. The van der Waals surface area contributed by atoms with Crippen LogP contribution in [-0.4, -0.2) is 72.7 Å². The van der Waals surface area contributed by atoms with E-state index in [1.807, 2.05) is 12.1 Å². The highest BCUT2D eigenvalue weighted by atomic mass is 16.6. The van der Waals surface area contributed by atoms with Gasteiger partial charge in [0.25, 0.3) is 5.91 Å².